The second-order valence-electron chi connectivity index (χ2n) is 8.84. The van der Waals surface area contributed by atoms with Gasteiger partial charge in [0.05, 0.1) is 11.3 Å². The molecular formula is C27H32OP+. The molecule has 0 amide bonds. The van der Waals surface area contributed by atoms with E-state index in [0.29, 0.717) is 5.92 Å². The summed E-state index contributed by atoms with van der Waals surface area (Å²) in [5.41, 5.74) is 0. The standard InChI is InChI=1S/C27H32OP/c1-27(2,22-18-20-23(28)21-19-22)29(24-12-6-3-7-13-24,25-14-8-4-9-15-25)26-16-10-5-11-17-26/h3-17,22-23,28H,18-21H2,1-2H3/q+1. The van der Waals surface area contributed by atoms with Crippen LogP contribution in [0.25, 0.3) is 0 Å². The molecule has 3 aromatic carbocycles. The minimum atomic E-state index is -1.93. The van der Waals surface area contributed by atoms with Crippen molar-refractivity contribution in [1.29, 1.82) is 0 Å². The highest BCUT2D eigenvalue weighted by Crippen LogP contribution is 2.69. The van der Waals surface area contributed by atoms with E-state index in [4.69, 9.17) is 0 Å². The first-order chi connectivity index (χ1) is 14.1. The summed E-state index contributed by atoms with van der Waals surface area (Å²) in [6.45, 7) is 4.99. The first kappa shape index (κ1) is 20.3. The van der Waals surface area contributed by atoms with Crippen molar-refractivity contribution in [1.82, 2.24) is 0 Å². The van der Waals surface area contributed by atoms with Crippen molar-refractivity contribution in [3.05, 3.63) is 91.0 Å². The predicted molar refractivity (Wildman–Crippen MR) is 127 cm³/mol. The largest absolute Gasteiger partial charge is 0.393 e. The van der Waals surface area contributed by atoms with Gasteiger partial charge in [-0.1, -0.05) is 54.6 Å². The highest BCUT2D eigenvalue weighted by atomic mass is 31.2. The first-order valence-electron chi connectivity index (χ1n) is 10.8. The Morgan fingerprint density at radius 3 is 1.31 bits per heavy atom. The molecule has 0 unspecified atom stereocenters. The average molecular weight is 404 g/mol. The summed E-state index contributed by atoms with van der Waals surface area (Å²) in [6.07, 6.45) is 3.92. The van der Waals surface area contributed by atoms with Crippen LogP contribution in [0, 0.1) is 5.92 Å². The lowest BCUT2D eigenvalue weighted by Crippen LogP contribution is -2.49. The van der Waals surface area contributed by atoms with Gasteiger partial charge in [-0.25, -0.2) is 0 Å². The molecule has 150 valence electrons. The fourth-order valence-electron chi connectivity index (χ4n) is 5.46. The van der Waals surface area contributed by atoms with Crippen LogP contribution in [0.1, 0.15) is 39.5 Å². The van der Waals surface area contributed by atoms with Gasteiger partial charge in [0.1, 0.15) is 23.2 Å². The molecule has 1 fully saturated rings. The third kappa shape index (κ3) is 3.56. The van der Waals surface area contributed by atoms with Crippen LogP contribution in [-0.2, 0) is 0 Å². The minimum Gasteiger partial charge on any atom is -0.393 e. The molecule has 0 aliphatic heterocycles. The quantitative estimate of drug-likeness (QED) is 0.573. The Kier molecular flexibility index (Phi) is 5.91. The lowest BCUT2D eigenvalue weighted by molar-refractivity contribution is 0.100. The Hall–Kier alpha value is -1.95. The summed E-state index contributed by atoms with van der Waals surface area (Å²) in [7, 11) is -1.93. The van der Waals surface area contributed by atoms with Crippen molar-refractivity contribution in [3.8, 4) is 0 Å². The van der Waals surface area contributed by atoms with E-state index >= 15 is 0 Å². The maximum atomic E-state index is 10.2. The molecule has 0 aromatic heterocycles. The lowest BCUT2D eigenvalue weighted by Gasteiger charge is -2.46. The molecule has 1 saturated carbocycles. The minimum absolute atomic E-state index is 0.0806. The number of benzene rings is 3. The SMILES string of the molecule is CC(C)(C1CCC(O)CC1)[P+](c1ccccc1)(c1ccccc1)c1ccccc1. The van der Waals surface area contributed by atoms with Gasteiger partial charge in [-0.05, 0) is 81.8 Å². The number of rotatable bonds is 5. The van der Waals surface area contributed by atoms with Gasteiger partial charge in [0.2, 0.25) is 0 Å². The van der Waals surface area contributed by atoms with E-state index in [9.17, 15) is 5.11 Å². The van der Waals surface area contributed by atoms with Crippen molar-refractivity contribution < 1.29 is 5.11 Å². The highest BCUT2D eigenvalue weighted by Gasteiger charge is 2.60. The predicted octanol–water partition coefficient (Wildman–Crippen LogP) is 5.31. The fraction of sp³-hybridized carbons (Fsp3) is 0.333. The van der Waals surface area contributed by atoms with E-state index in [-0.39, 0.29) is 11.3 Å². The van der Waals surface area contributed by atoms with Crippen LogP contribution in [0.4, 0.5) is 0 Å². The average Bonchev–Trinajstić information content (AvgIpc) is 2.77. The zero-order chi connectivity index (χ0) is 20.3. The van der Waals surface area contributed by atoms with E-state index in [1.165, 1.54) is 15.9 Å². The van der Waals surface area contributed by atoms with Crippen molar-refractivity contribution >= 4 is 23.2 Å². The van der Waals surface area contributed by atoms with Gasteiger partial charge in [0.15, 0.2) is 0 Å². The van der Waals surface area contributed by atoms with Gasteiger partial charge < -0.3 is 5.11 Å². The van der Waals surface area contributed by atoms with Gasteiger partial charge in [-0.3, -0.25) is 0 Å². The van der Waals surface area contributed by atoms with Crippen LogP contribution in [0.15, 0.2) is 91.0 Å². The van der Waals surface area contributed by atoms with Crippen LogP contribution in [0.5, 0.6) is 0 Å². The molecule has 1 nitrogen and oxygen atoms in total. The second kappa shape index (κ2) is 8.42. The molecule has 1 aliphatic rings. The van der Waals surface area contributed by atoms with Crippen molar-refractivity contribution in [2.75, 3.05) is 0 Å². The van der Waals surface area contributed by atoms with Gasteiger partial charge in [-0.15, -0.1) is 0 Å². The molecule has 0 radical (unpaired) electrons. The zero-order valence-electron chi connectivity index (χ0n) is 17.5. The Bertz CT molecular complexity index is 800. The summed E-state index contributed by atoms with van der Waals surface area (Å²) in [6, 6.07) is 33.6. The van der Waals surface area contributed by atoms with Crippen molar-refractivity contribution in [3.63, 3.8) is 0 Å². The van der Waals surface area contributed by atoms with E-state index < -0.39 is 7.26 Å². The number of aliphatic hydroxyl groups excluding tert-OH is 1. The van der Waals surface area contributed by atoms with Crippen LogP contribution < -0.4 is 15.9 Å². The van der Waals surface area contributed by atoms with Crippen LogP contribution in [0.2, 0.25) is 0 Å². The van der Waals surface area contributed by atoms with Crippen molar-refractivity contribution in [2.45, 2.75) is 50.8 Å². The summed E-state index contributed by atoms with van der Waals surface area (Å²) in [5, 5.41) is 14.6. The van der Waals surface area contributed by atoms with E-state index in [0.717, 1.165) is 25.7 Å². The van der Waals surface area contributed by atoms with Crippen LogP contribution in [0.3, 0.4) is 0 Å². The molecule has 1 N–H and O–H groups in total. The maximum Gasteiger partial charge on any atom is 0.117 e. The third-order valence-electron chi connectivity index (χ3n) is 6.99. The monoisotopic (exact) mass is 403 g/mol. The number of hydrogen-bond donors (Lipinski definition) is 1. The molecule has 4 rings (SSSR count). The maximum absolute atomic E-state index is 10.2. The molecular weight excluding hydrogens is 371 g/mol. The van der Waals surface area contributed by atoms with E-state index in [2.05, 4.69) is 105 Å². The van der Waals surface area contributed by atoms with Crippen molar-refractivity contribution in [2.24, 2.45) is 5.92 Å². The third-order valence-corrected chi connectivity index (χ3v) is 12.3. The number of hydrogen-bond acceptors (Lipinski definition) is 1. The Labute approximate surface area is 176 Å². The van der Waals surface area contributed by atoms with E-state index in [1.54, 1.807) is 0 Å². The summed E-state index contributed by atoms with van der Waals surface area (Å²) in [4.78, 5) is 0. The molecule has 0 saturated heterocycles. The van der Waals surface area contributed by atoms with E-state index in [1.807, 2.05) is 0 Å². The topological polar surface area (TPSA) is 20.2 Å². The molecule has 29 heavy (non-hydrogen) atoms. The first-order valence-corrected chi connectivity index (χ1v) is 12.6. The summed E-state index contributed by atoms with van der Waals surface area (Å²) >= 11 is 0. The van der Waals surface area contributed by atoms with Gasteiger partial charge in [0, 0.05) is 0 Å². The molecule has 2 heteroatoms. The second-order valence-corrected chi connectivity index (χ2v) is 12.9. The summed E-state index contributed by atoms with van der Waals surface area (Å²) < 4.78 is 0. The molecule has 3 aromatic rings. The molecule has 0 spiro atoms. The number of aliphatic hydroxyl groups is 1. The van der Waals surface area contributed by atoms with Crippen LogP contribution >= 0.6 is 7.26 Å². The Morgan fingerprint density at radius 2 is 0.966 bits per heavy atom. The Balaban J connectivity index is 2.00. The van der Waals surface area contributed by atoms with Gasteiger partial charge >= 0.3 is 0 Å². The molecule has 0 heterocycles. The normalized spacial score (nSPS) is 20.4. The Morgan fingerprint density at radius 1 is 0.621 bits per heavy atom. The summed E-state index contributed by atoms with van der Waals surface area (Å²) in [5.74, 6) is 0.583. The molecule has 1 aliphatic carbocycles. The van der Waals surface area contributed by atoms with Gasteiger partial charge in [-0.2, -0.15) is 0 Å². The smallest absolute Gasteiger partial charge is 0.117 e. The lowest BCUT2D eigenvalue weighted by atomic mass is 9.80. The molecule has 0 atom stereocenters. The van der Waals surface area contributed by atoms with Crippen LogP contribution in [-0.4, -0.2) is 16.4 Å². The zero-order valence-corrected chi connectivity index (χ0v) is 18.4. The fourth-order valence-corrected chi connectivity index (χ4v) is 11.0. The van der Waals surface area contributed by atoms with Gasteiger partial charge in [0.25, 0.3) is 0 Å². The highest BCUT2D eigenvalue weighted by molar-refractivity contribution is 7.96. The molecule has 0 bridgehead atoms.